The fourth-order valence-electron chi connectivity index (χ4n) is 3.11. The summed E-state index contributed by atoms with van der Waals surface area (Å²) in [7, 11) is 4.35. The molecule has 2 rings (SSSR count). The van der Waals surface area contributed by atoms with E-state index >= 15 is 0 Å². The lowest BCUT2D eigenvalue weighted by Gasteiger charge is -2.33. The lowest BCUT2D eigenvalue weighted by molar-refractivity contribution is 0.202. The first-order valence-corrected chi connectivity index (χ1v) is 6.87. The number of hydrogen-bond acceptors (Lipinski definition) is 4. The quantitative estimate of drug-likeness (QED) is 0.769. The van der Waals surface area contributed by atoms with Crippen molar-refractivity contribution in [3.8, 4) is 0 Å². The Kier molecular flexibility index (Phi) is 4.26. The number of guanidine groups is 1. The summed E-state index contributed by atoms with van der Waals surface area (Å²) in [6, 6.07) is 0. The summed E-state index contributed by atoms with van der Waals surface area (Å²) < 4.78 is 0. The van der Waals surface area contributed by atoms with Gasteiger partial charge in [-0.25, -0.2) is 0 Å². The van der Waals surface area contributed by atoms with E-state index in [0.717, 1.165) is 32.0 Å². The maximum absolute atomic E-state index is 4.48. The molecular weight excluding hydrogens is 212 g/mol. The highest BCUT2D eigenvalue weighted by atomic mass is 15.2. The normalized spacial score (nSPS) is 23.4. The van der Waals surface area contributed by atoms with Crippen LogP contribution in [0.1, 0.15) is 32.1 Å². The molecule has 98 valence electrons. The van der Waals surface area contributed by atoms with E-state index in [9.17, 15) is 0 Å². The van der Waals surface area contributed by atoms with Crippen molar-refractivity contribution in [2.75, 3.05) is 40.3 Å². The lowest BCUT2D eigenvalue weighted by atomic mass is 9.85. The Bertz CT molecular complexity index is 267. The van der Waals surface area contributed by atoms with Crippen LogP contribution in [0, 0.1) is 5.41 Å². The van der Waals surface area contributed by atoms with E-state index in [4.69, 9.17) is 0 Å². The summed E-state index contributed by atoms with van der Waals surface area (Å²) in [5, 5.41) is 6.86. The first-order chi connectivity index (χ1) is 8.20. The predicted molar refractivity (Wildman–Crippen MR) is 72.4 cm³/mol. The average molecular weight is 238 g/mol. The van der Waals surface area contributed by atoms with Crippen LogP contribution in [-0.2, 0) is 0 Å². The van der Waals surface area contributed by atoms with E-state index in [-0.39, 0.29) is 0 Å². The minimum atomic E-state index is 0.463. The third-order valence-electron chi connectivity index (χ3n) is 3.84. The van der Waals surface area contributed by atoms with Gasteiger partial charge in [-0.15, -0.1) is 0 Å². The van der Waals surface area contributed by atoms with Crippen molar-refractivity contribution in [3.63, 3.8) is 0 Å². The standard InChI is InChI=1S/C13H26N4/c1-17(2)11-13(6-3-4-7-13)10-16-12-14-8-5-9-15-12/h3-11H2,1-2H3,(H2,14,15,16). The Morgan fingerprint density at radius 3 is 2.65 bits per heavy atom. The van der Waals surface area contributed by atoms with Gasteiger partial charge in [0.25, 0.3) is 0 Å². The van der Waals surface area contributed by atoms with E-state index in [1.54, 1.807) is 0 Å². The number of aliphatic imine (C=N–C) groups is 1. The minimum Gasteiger partial charge on any atom is -0.356 e. The molecule has 0 aromatic rings. The van der Waals surface area contributed by atoms with Crippen molar-refractivity contribution in [1.29, 1.82) is 0 Å². The molecule has 0 spiro atoms. The largest absolute Gasteiger partial charge is 0.356 e. The molecule has 1 aliphatic carbocycles. The van der Waals surface area contributed by atoms with Crippen LogP contribution in [0.4, 0.5) is 0 Å². The second kappa shape index (κ2) is 5.71. The highest BCUT2D eigenvalue weighted by molar-refractivity contribution is 5.80. The van der Waals surface area contributed by atoms with E-state index in [2.05, 4.69) is 34.6 Å². The molecule has 0 unspecified atom stereocenters. The summed E-state index contributed by atoms with van der Waals surface area (Å²) in [5.41, 5.74) is 0.463. The van der Waals surface area contributed by atoms with Crippen LogP contribution < -0.4 is 10.6 Å². The highest BCUT2D eigenvalue weighted by Gasteiger charge is 2.34. The highest BCUT2D eigenvalue weighted by Crippen LogP contribution is 2.37. The van der Waals surface area contributed by atoms with Crippen LogP contribution >= 0.6 is 0 Å². The SMILES string of the molecule is CN(C)CC1(CNC2=NCCCN2)CCCC1. The molecule has 0 aromatic heterocycles. The number of nitrogens with zero attached hydrogens (tertiary/aromatic N) is 2. The summed E-state index contributed by atoms with van der Waals surface area (Å²) >= 11 is 0. The molecule has 0 atom stereocenters. The molecule has 1 aliphatic heterocycles. The topological polar surface area (TPSA) is 39.7 Å². The fourth-order valence-corrected chi connectivity index (χ4v) is 3.11. The Hall–Kier alpha value is -0.770. The molecule has 1 heterocycles. The third-order valence-corrected chi connectivity index (χ3v) is 3.84. The van der Waals surface area contributed by atoms with Gasteiger partial charge in [-0.2, -0.15) is 0 Å². The Balaban J connectivity index is 1.87. The Labute approximate surface area is 105 Å². The van der Waals surface area contributed by atoms with Crippen molar-refractivity contribution in [3.05, 3.63) is 0 Å². The molecule has 1 fully saturated rings. The van der Waals surface area contributed by atoms with Gasteiger partial charge in [0.15, 0.2) is 5.96 Å². The van der Waals surface area contributed by atoms with Crippen LogP contribution in [0.25, 0.3) is 0 Å². The zero-order chi connectivity index (χ0) is 12.1. The molecule has 1 saturated carbocycles. The van der Waals surface area contributed by atoms with E-state index in [1.165, 1.54) is 32.2 Å². The monoisotopic (exact) mass is 238 g/mol. The smallest absolute Gasteiger partial charge is 0.191 e. The van der Waals surface area contributed by atoms with Gasteiger partial charge >= 0.3 is 0 Å². The average Bonchev–Trinajstić information content (AvgIpc) is 2.76. The maximum Gasteiger partial charge on any atom is 0.191 e. The van der Waals surface area contributed by atoms with Gasteiger partial charge in [0.2, 0.25) is 0 Å². The van der Waals surface area contributed by atoms with E-state index in [1.807, 2.05) is 0 Å². The fraction of sp³-hybridized carbons (Fsp3) is 0.923. The van der Waals surface area contributed by atoms with Crippen molar-refractivity contribution >= 4 is 5.96 Å². The van der Waals surface area contributed by atoms with Crippen molar-refractivity contribution < 1.29 is 0 Å². The molecule has 17 heavy (non-hydrogen) atoms. The lowest BCUT2D eigenvalue weighted by Crippen LogP contribution is -2.47. The van der Waals surface area contributed by atoms with Crippen LogP contribution in [-0.4, -0.2) is 51.1 Å². The first kappa shape index (κ1) is 12.7. The first-order valence-electron chi connectivity index (χ1n) is 6.87. The van der Waals surface area contributed by atoms with Gasteiger partial charge in [-0.05, 0) is 33.4 Å². The summed E-state index contributed by atoms with van der Waals surface area (Å²) in [6.07, 6.45) is 6.63. The van der Waals surface area contributed by atoms with E-state index in [0.29, 0.717) is 5.41 Å². The minimum absolute atomic E-state index is 0.463. The molecule has 2 N–H and O–H groups in total. The van der Waals surface area contributed by atoms with Gasteiger partial charge in [0, 0.05) is 31.6 Å². The van der Waals surface area contributed by atoms with Crippen molar-refractivity contribution in [1.82, 2.24) is 15.5 Å². The van der Waals surface area contributed by atoms with Crippen LogP contribution in [0.5, 0.6) is 0 Å². The van der Waals surface area contributed by atoms with Crippen LogP contribution in [0.15, 0.2) is 4.99 Å². The Morgan fingerprint density at radius 1 is 1.29 bits per heavy atom. The second-order valence-electron chi connectivity index (χ2n) is 5.81. The summed E-state index contributed by atoms with van der Waals surface area (Å²) in [4.78, 5) is 6.80. The summed E-state index contributed by atoms with van der Waals surface area (Å²) in [5.74, 6) is 1.02. The van der Waals surface area contributed by atoms with Gasteiger partial charge in [0.05, 0.1) is 0 Å². The second-order valence-corrected chi connectivity index (χ2v) is 5.81. The molecule has 0 bridgehead atoms. The van der Waals surface area contributed by atoms with Crippen molar-refractivity contribution in [2.45, 2.75) is 32.1 Å². The molecular formula is C13H26N4. The van der Waals surface area contributed by atoms with Gasteiger partial charge in [0.1, 0.15) is 0 Å². The third kappa shape index (κ3) is 3.60. The van der Waals surface area contributed by atoms with Gasteiger partial charge < -0.3 is 15.5 Å². The van der Waals surface area contributed by atoms with Crippen molar-refractivity contribution in [2.24, 2.45) is 10.4 Å². The summed E-state index contributed by atoms with van der Waals surface area (Å²) in [6.45, 7) is 4.28. The van der Waals surface area contributed by atoms with Gasteiger partial charge in [-0.3, -0.25) is 4.99 Å². The van der Waals surface area contributed by atoms with Crippen LogP contribution in [0.3, 0.4) is 0 Å². The Morgan fingerprint density at radius 2 is 2.06 bits per heavy atom. The molecule has 0 saturated heterocycles. The van der Waals surface area contributed by atoms with Gasteiger partial charge in [-0.1, -0.05) is 12.8 Å². The predicted octanol–water partition coefficient (Wildman–Crippen LogP) is 1.05. The molecule has 4 nitrogen and oxygen atoms in total. The zero-order valence-corrected chi connectivity index (χ0v) is 11.3. The number of hydrogen-bond donors (Lipinski definition) is 2. The molecule has 4 heteroatoms. The molecule has 0 radical (unpaired) electrons. The van der Waals surface area contributed by atoms with Crippen LogP contribution in [0.2, 0.25) is 0 Å². The molecule has 2 aliphatic rings. The number of rotatable bonds is 4. The van der Waals surface area contributed by atoms with E-state index < -0.39 is 0 Å². The molecule has 0 aromatic carbocycles. The number of nitrogens with one attached hydrogen (secondary N) is 2. The molecule has 0 amide bonds. The maximum atomic E-state index is 4.48. The zero-order valence-electron chi connectivity index (χ0n) is 11.3.